The fourth-order valence-corrected chi connectivity index (χ4v) is 1.47. The van der Waals surface area contributed by atoms with Gasteiger partial charge in [-0.05, 0) is 28.1 Å². The fourth-order valence-electron chi connectivity index (χ4n) is 1.23. The second-order valence-corrected chi connectivity index (χ2v) is 4.11. The summed E-state index contributed by atoms with van der Waals surface area (Å²) in [5.74, 6) is 1.07. The summed E-state index contributed by atoms with van der Waals surface area (Å²) in [6.07, 6.45) is 1.69. The summed E-state index contributed by atoms with van der Waals surface area (Å²) in [4.78, 5) is 8.36. The molecular weight excluding hydrogens is 266 g/mol. The maximum Gasteiger partial charge on any atom is 0.154 e. The van der Waals surface area contributed by atoms with Crippen molar-refractivity contribution in [3.63, 3.8) is 0 Å². The van der Waals surface area contributed by atoms with Crippen LogP contribution >= 0.6 is 15.9 Å². The molecule has 0 aliphatic carbocycles. The largest absolute Gasteiger partial charge is 0.383 e. The Bertz CT molecular complexity index is 491. The number of halogens is 1. The molecule has 80 valence electrons. The Balaban J connectivity index is 2.28. The van der Waals surface area contributed by atoms with E-state index >= 15 is 0 Å². The average Bonchev–Trinajstić information content (AvgIpc) is 2.33. The molecule has 0 saturated heterocycles. The van der Waals surface area contributed by atoms with Crippen molar-refractivity contribution in [3.8, 4) is 0 Å². The highest BCUT2D eigenvalue weighted by Crippen LogP contribution is 2.13. The van der Waals surface area contributed by atoms with Crippen molar-refractivity contribution >= 4 is 27.6 Å². The van der Waals surface area contributed by atoms with E-state index in [1.54, 1.807) is 12.3 Å². The van der Waals surface area contributed by atoms with Crippen LogP contribution in [0, 0.1) is 0 Å². The van der Waals surface area contributed by atoms with Crippen LogP contribution in [0.15, 0.2) is 58.1 Å². The van der Waals surface area contributed by atoms with Crippen LogP contribution in [0.4, 0.5) is 5.82 Å². The number of nitrogens with zero attached hydrogens (tertiary/aromatic N) is 2. The molecule has 2 rings (SSSR count). The summed E-state index contributed by atoms with van der Waals surface area (Å²) in [5.41, 5.74) is 6.76. The first-order valence-corrected chi connectivity index (χ1v) is 5.56. The average molecular weight is 276 g/mol. The minimum absolute atomic E-state index is 0.468. The maximum atomic E-state index is 5.86. The molecule has 0 bridgehead atoms. The van der Waals surface area contributed by atoms with Gasteiger partial charge in [-0.25, -0.2) is 9.98 Å². The van der Waals surface area contributed by atoms with Crippen LogP contribution in [0.1, 0.15) is 5.56 Å². The number of aromatic nitrogens is 1. The smallest absolute Gasteiger partial charge is 0.154 e. The number of rotatable bonds is 2. The van der Waals surface area contributed by atoms with Crippen LogP contribution in [0.3, 0.4) is 0 Å². The van der Waals surface area contributed by atoms with E-state index in [-0.39, 0.29) is 0 Å². The summed E-state index contributed by atoms with van der Waals surface area (Å²) in [7, 11) is 0. The molecular formula is C12H10BrN3. The topological polar surface area (TPSA) is 51.3 Å². The van der Waals surface area contributed by atoms with Crippen molar-refractivity contribution in [1.29, 1.82) is 0 Å². The van der Waals surface area contributed by atoms with Gasteiger partial charge in [0.25, 0.3) is 0 Å². The first-order chi connectivity index (χ1) is 7.75. The van der Waals surface area contributed by atoms with E-state index in [1.165, 1.54) is 0 Å². The number of amidine groups is 1. The summed E-state index contributed by atoms with van der Waals surface area (Å²) in [6.45, 7) is 0. The van der Waals surface area contributed by atoms with Crippen molar-refractivity contribution in [3.05, 3.63) is 58.7 Å². The Labute approximate surface area is 102 Å². The summed E-state index contributed by atoms with van der Waals surface area (Å²) < 4.78 is 0.921. The minimum atomic E-state index is 0.468. The predicted molar refractivity (Wildman–Crippen MR) is 68.8 cm³/mol. The van der Waals surface area contributed by atoms with Crippen molar-refractivity contribution in [2.24, 2.45) is 10.7 Å². The first kappa shape index (κ1) is 10.8. The molecule has 0 amide bonds. The minimum Gasteiger partial charge on any atom is -0.383 e. The highest BCUT2D eigenvalue weighted by Gasteiger charge is 1.97. The van der Waals surface area contributed by atoms with E-state index in [0.717, 1.165) is 10.0 Å². The lowest BCUT2D eigenvalue weighted by Crippen LogP contribution is -2.12. The lowest BCUT2D eigenvalue weighted by atomic mass is 10.2. The van der Waals surface area contributed by atoms with E-state index in [4.69, 9.17) is 5.73 Å². The number of pyridine rings is 1. The van der Waals surface area contributed by atoms with Crippen molar-refractivity contribution < 1.29 is 0 Å². The van der Waals surface area contributed by atoms with Crippen LogP contribution < -0.4 is 5.73 Å². The molecule has 0 saturated carbocycles. The molecule has 0 radical (unpaired) electrons. The van der Waals surface area contributed by atoms with Gasteiger partial charge in [0.2, 0.25) is 0 Å². The van der Waals surface area contributed by atoms with Crippen molar-refractivity contribution in [1.82, 2.24) is 4.98 Å². The molecule has 0 atom stereocenters. The van der Waals surface area contributed by atoms with E-state index in [1.807, 2.05) is 36.4 Å². The quantitative estimate of drug-likeness (QED) is 0.677. The zero-order chi connectivity index (χ0) is 11.4. The molecule has 0 aliphatic rings. The van der Waals surface area contributed by atoms with Crippen LogP contribution in [-0.4, -0.2) is 10.8 Å². The molecule has 2 aromatic rings. The number of hydrogen-bond donors (Lipinski definition) is 1. The third kappa shape index (κ3) is 2.67. The van der Waals surface area contributed by atoms with Crippen LogP contribution in [0.25, 0.3) is 0 Å². The molecule has 1 heterocycles. The molecule has 0 unspecified atom stereocenters. The third-order valence-electron chi connectivity index (χ3n) is 2.02. The fraction of sp³-hybridized carbons (Fsp3) is 0. The predicted octanol–water partition coefficient (Wildman–Crippen LogP) is 2.88. The highest BCUT2D eigenvalue weighted by molar-refractivity contribution is 9.10. The molecule has 3 nitrogen and oxygen atoms in total. The van der Waals surface area contributed by atoms with Gasteiger partial charge in [-0.15, -0.1) is 0 Å². The van der Waals surface area contributed by atoms with Crippen LogP contribution in [-0.2, 0) is 0 Å². The molecule has 1 aromatic heterocycles. The standard InChI is InChI=1S/C12H10BrN3/c13-10-6-7-11(15-8-10)16-12(14)9-4-2-1-3-5-9/h1-8H,(H2,14,15,16). The summed E-state index contributed by atoms with van der Waals surface area (Å²) in [6, 6.07) is 13.3. The summed E-state index contributed by atoms with van der Waals surface area (Å²) >= 11 is 3.31. The third-order valence-corrected chi connectivity index (χ3v) is 2.49. The number of nitrogens with two attached hydrogens (primary N) is 1. The van der Waals surface area contributed by atoms with Gasteiger partial charge in [-0.1, -0.05) is 30.3 Å². The second kappa shape index (κ2) is 4.90. The SMILES string of the molecule is NC(=Nc1ccc(Br)cn1)c1ccccc1. The van der Waals surface area contributed by atoms with Gasteiger partial charge >= 0.3 is 0 Å². The van der Waals surface area contributed by atoms with Gasteiger partial charge in [0.05, 0.1) is 0 Å². The van der Waals surface area contributed by atoms with Crippen LogP contribution in [0.2, 0.25) is 0 Å². The highest BCUT2D eigenvalue weighted by atomic mass is 79.9. The molecule has 0 spiro atoms. The Hall–Kier alpha value is -1.68. The lowest BCUT2D eigenvalue weighted by molar-refractivity contribution is 1.25. The Morgan fingerprint density at radius 2 is 1.88 bits per heavy atom. The Morgan fingerprint density at radius 3 is 2.50 bits per heavy atom. The molecule has 0 fully saturated rings. The van der Waals surface area contributed by atoms with Gasteiger partial charge in [-0.2, -0.15) is 0 Å². The zero-order valence-corrected chi connectivity index (χ0v) is 10.1. The van der Waals surface area contributed by atoms with Gasteiger partial charge in [-0.3, -0.25) is 0 Å². The number of aliphatic imine (C=N–C) groups is 1. The number of hydrogen-bond acceptors (Lipinski definition) is 2. The van der Waals surface area contributed by atoms with Gasteiger partial charge in [0, 0.05) is 16.2 Å². The van der Waals surface area contributed by atoms with Gasteiger partial charge < -0.3 is 5.73 Å². The monoisotopic (exact) mass is 275 g/mol. The van der Waals surface area contributed by atoms with E-state index in [2.05, 4.69) is 25.9 Å². The normalized spacial score (nSPS) is 11.4. The van der Waals surface area contributed by atoms with E-state index in [0.29, 0.717) is 11.7 Å². The van der Waals surface area contributed by atoms with E-state index in [9.17, 15) is 0 Å². The van der Waals surface area contributed by atoms with Crippen molar-refractivity contribution in [2.45, 2.75) is 0 Å². The van der Waals surface area contributed by atoms with E-state index < -0.39 is 0 Å². The second-order valence-electron chi connectivity index (χ2n) is 3.20. The Morgan fingerprint density at radius 1 is 1.12 bits per heavy atom. The molecule has 1 aromatic carbocycles. The molecule has 2 N–H and O–H groups in total. The van der Waals surface area contributed by atoms with Gasteiger partial charge in [0.15, 0.2) is 5.82 Å². The first-order valence-electron chi connectivity index (χ1n) is 4.77. The number of benzene rings is 1. The van der Waals surface area contributed by atoms with Gasteiger partial charge in [0.1, 0.15) is 5.84 Å². The lowest BCUT2D eigenvalue weighted by Gasteiger charge is -1.99. The molecule has 0 aliphatic heterocycles. The molecule has 4 heteroatoms. The van der Waals surface area contributed by atoms with Crippen LogP contribution in [0.5, 0.6) is 0 Å². The molecule has 16 heavy (non-hydrogen) atoms. The zero-order valence-electron chi connectivity index (χ0n) is 8.47. The Kier molecular flexibility index (Phi) is 3.31. The summed E-state index contributed by atoms with van der Waals surface area (Å²) in [5, 5.41) is 0. The van der Waals surface area contributed by atoms with Crippen molar-refractivity contribution in [2.75, 3.05) is 0 Å². The maximum absolute atomic E-state index is 5.86.